The first-order valence-electron chi connectivity index (χ1n) is 7.44. The van der Waals surface area contributed by atoms with E-state index in [-0.39, 0.29) is 11.7 Å². The van der Waals surface area contributed by atoms with Crippen molar-refractivity contribution in [3.05, 3.63) is 46.6 Å². The van der Waals surface area contributed by atoms with Crippen LogP contribution in [0.1, 0.15) is 6.92 Å². The van der Waals surface area contributed by atoms with E-state index < -0.39 is 0 Å². The Morgan fingerprint density at radius 2 is 2.12 bits per heavy atom. The topological polar surface area (TPSA) is 73.0 Å². The van der Waals surface area contributed by atoms with Crippen LogP contribution in [0.3, 0.4) is 0 Å². The first kappa shape index (κ1) is 17.8. The van der Waals surface area contributed by atoms with Crippen LogP contribution in [0, 0.1) is 0 Å². The maximum atomic E-state index is 12.2. The number of rotatable bonds is 6. The lowest BCUT2D eigenvalue weighted by molar-refractivity contribution is -0.113. The van der Waals surface area contributed by atoms with Gasteiger partial charge < -0.3 is 9.73 Å². The molecule has 0 bridgehead atoms. The third-order valence-electron chi connectivity index (χ3n) is 3.33. The summed E-state index contributed by atoms with van der Waals surface area (Å²) in [6.45, 7) is 2.64. The molecule has 0 radical (unpaired) electrons. The van der Waals surface area contributed by atoms with Crippen LogP contribution in [0.2, 0.25) is 10.0 Å². The Morgan fingerprint density at radius 1 is 1.28 bits per heavy atom. The van der Waals surface area contributed by atoms with Crippen LogP contribution in [0.5, 0.6) is 0 Å². The highest BCUT2D eigenvalue weighted by Crippen LogP contribution is 2.30. The van der Waals surface area contributed by atoms with Crippen molar-refractivity contribution in [3.63, 3.8) is 0 Å². The number of hydrogen-bond acceptors (Lipinski definition) is 5. The second-order valence-corrected chi connectivity index (χ2v) is 6.69. The molecule has 1 aromatic carbocycles. The summed E-state index contributed by atoms with van der Waals surface area (Å²) in [6.07, 6.45) is 1.58. The van der Waals surface area contributed by atoms with Crippen LogP contribution in [-0.4, -0.2) is 26.4 Å². The van der Waals surface area contributed by atoms with E-state index in [9.17, 15) is 4.79 Å². The van der Waals surface area contributed by atoms with Crippen LogP contribution in [0.4, 0.5) is 5.69 Å². The van der Waals surface area contributed by atoms with Gasteiger partial charge in [0.25, 0.3) is 0 Å². The number of anilines is 1. The highest BCUT2D eigenvalue weighted by atomic mass is 35.5. The Balaban J connectivity index is 1.67. The first-order valence-corrected chi connectivity index (χ1v) is 9.18. The summed E-state index contributed by atoms with van der Waals surface area (Å²) < 4.78 is 7.26. The van der Waals surface area contributed by atoms with Crippen molar-refractivity contribution in [2.45, 2.75) is 18.6 Å². The molecule has 1 N–H and O–H groups in total. The molecule has 6 nitrogen and oxygen atoms in total. The van der Waals surface area contributed by atoms with Crippen LogP contribution in [0.15, 0.2) is 46.2 Å². The van der Waals surface area contributed by atoms with Crippen LogP contribution in [-0.2, 0) is 11.3 Å². The molecule has 2 heterocycles. The molecule has 0 fully saturated rings. The molecule has 0 unspecified atom stereocenters. The molecule has 2 aromatic heterocycles. The van der Waals surface area contributed by atoms with Gasteiger partial charge in [0.15, 0.2) is 16.7 Å². The van der Waals surface area contributed by atoms with E-state index in [0.717, 1.165) is 0 Å². The minimum Gasteiger partial charge on any atom is -0.461 e. The highest BCUT2D eigenvalue weighted by molar-refractivity contribution is 7.99. The molecule has 0 saturated heterocycles. The van der Waals surface area contributed by atoms with Crippen molar-refractivity contribution in [1.29, 1.82) is 0 Å². The molecule has 130 valence electrons. The number of aromatic nitrogens is 3. The Labute approximate surface area is 158 Å². The van der Waals surface area contributed by atoms with Crippen molar-refractivity contribution in [2.24, 2.45) is 0 Å². The largest absolute Gasteiger partial charge is 0.461 e. The zero-order valence-electron chi connectivity index (χ0n) is 13.2. The van der Waals surface area contributed by atoms with Gasteiger partial charge in [-0.15, -0.1) is 10.2 Å². The van der Waals surface area contributed by atoms with E-state index in [1.165, 1.54) is 11.8 Å². The first-order chi connectivity index (χ1) is 12.1. The molecule has 0 aliphatic rings. The van der Waals surface area contributed by atoms with E-state index in [0.29, 0.717) is 39.0 Å². The molecule has 3 rings (SSSR count). The summed E-state index contributed by atoms with van der Waals surface area (Å²) >= 11 is 13.3. The van der Waals surface area contributed by atoms with Gasteiger partial charge in [-0.3, -0.25) is 9.36 Å². The lowest BCUT2D eigenvalue weighted by atomic mass is 10.3. The molecule has 9 heteroatoms. The maximum Gasteiger partial charge on any atom is 0.234 e. The monoisotopic (exact) mass is 396 g/mol. The molecule has 0 aliphatic heterocycles. The quantitative estimate of drug-likeness (QED) is 0.616. The Kier molecular flexibility index (Phi) is 5.67. The predicted molar refractivity (Wildman–Crippen MR) is 99.2 cm³/mol. The van der Waals surface area contributed by atoms with Gasteiger partial charge >= 0.3 is 0 Å². The SMILES string of the molecule is CCn1c(SCC(=O)Nc2cccc(Cl)c2Cl)nnc1-c1ccco1. The van der Waals surface area contributed by atoms with E-state index in [4.69, 9.17) is 27.6 Å². The van der Waals surface area contributed by atoms with Crippen molar-refractivity contribution in [2.75, 3.05) is 11.1 Å². The molecule has 3 aromatic rings. The number of carbonyl (C=O) groups excluding carboxylic acids is 1. The Bertz CT molecular complexity index is 880. The molecule has 0 atom stereocenters. The van der Waals surface area contributed by atoms with E-state index in [1.54, 1.807) is 30.5 Å². The van der Waals surface area contributed by atoms with Crippen LogP contribution >= 0.6 is 35.0 Å². The van der Waals surface area contributed by atoms with Crippen molar-refractivity contribution < 1.29 is 9.21 Å². The van der Waals surface area contributed by atoms with Gasteiger partial charge in [-0.05, 0) is 31.2 Å². The van der Waals surface area contributed by atoms with Crippen LogP contribution < -0.4 is 5.32 Å². The molecule has 1 amide bonds. The highest BCUT2D eigenvalue weighted by Gasteiger charge is 2.16. The average Bonchev–Trinajstić information content (AvgIpc) is 3.25. The van der Waals surface area contributed by atoms with Gasteiger partial charge in [-0.25, -0.2) is 0 Å². The number of thioether (sulfide) groups is 1. The number of nitrogens with zero attached hydrogens (tertiary/aromatic N) is 3. The molecule has 0 aliphatic carbocycles. The Morgan fingerprint density at radius 3 is 2.84 bits per heavy atom. The molecular formula is C16H14Cl2N4O2S. The lowest BCUT2D eigenvalue weighted by Gasteiger charge is -2.08. The number of benzene rings is 1. The summed E-state index contributed by atoms with van der Waals surface area (Å²) in [4.78, 5) is 12.2. The van der Waals surface area contributed by atoms with Gasteiger partial charge in [0, 0.05) is 6.54 Å². The second kappa shape index (κ2) is 7.95. The fourth-order valence-electron chi connectivity index (χ4n) is 2.19. The molecule has 25 heavy (non-hydrogen) atoms. The number of nitrogens with one attached hydrogen (secondary N) is 1. The summed E-state index contributed by atoms with van der Waals surface area (Å²) in [5.74, 6) is 1.23. The lowest BCUT2D eigenvalue weighted by Crippen LogP contribution is -2.15. The summed E-state index contributed by atoms with van der Waals surface area (Å²) in [5.41, 5.74) is 0.480. The van der Waals surface area contributed by atoms with Gasteiger partial charge in [0.05, 0.1) is 27.7 Å². The number of hydrogen-bond donors (Lipinski definition) is 1. The maximum absolute atomic E-state index is 12.2. The second-order valence-electron chi connectivity index (χ2n) is 4.97. The minimum atomic E-state index is -0.209. The number of halogens is 2. The number of carbonyl (C=O) groups is 1. The van der Waals surface area contributed by atoms with Crippen molar-refractivity contribution in [1.82, 2.24) is 14.8 Å². The van der Waals surface area contributed by atoms with Crippen LogP contribution in [0.25, 0.3) is 11.6 Å². The van der Waals surface area contributed by atoms with Crippen molar-refractivity contribution in [3.8, 4) is 11.6 Å². The number of amides is 1. The van der Waals surface area contributed by atoms with E-state index in [2.05, 4.69) is 15.5 Å². The summed E-state index contributed by atoms with van der Waals surface area (Å²) in [5, 5.41) is 12.4. The normalized spacial score (nSPS) is 10.8. The van der Waals surface area contributed by atoms with Crippen molar-refractivity contribution >= 4 is 46.6 Å². The van der Waals surface area contributed by atoms with E-state index in [1.807, 2.05) is 17.6 Å². The smallest absolute Gasteiger partial charge is 0.234 e. The summed E-state index contributed by atoms with van der Waals surface area (Å²) in [6, 6.07) is 8.69. The zero-order valence-corrected chi connectivity index (χ0v) is 15.5. The Hall–Kier alpha value is -1.96. The third-order valence-corrected chi connectivity index (χ3v) is 5.12. The molecular weight excluding hydrogens is 383 g/mol. The zero-order chi connectivity index (χ0) is 17.8. The van der Waals surface area contributed by atoms with Gasteiger partial charge in [-0.1, -0.05) is 41.0 Å². The molecule has 0 saturated carbocycles. The van der Waals surface area contributed by atoms with Gasteiger partial charge in [-0.2, -0.15) is 0 Å². The third kappa shape index (κ3) is 4.00. The fourth-order valence-corrected chi connectivity index (χ4v) is 3.34. The fraction of sp³-hybridized carbons (Fsp3) is 0.188. The van der Waals surface area contributed by atoms with E-state index >= 15 is 0 Å². The van der Waals surface area contributed by atoms with Gasteiger partial charge in [0.1, 0.15) is 0 Å². The summed E-state index contributed by atoms with van der Waals surface area (Å²) in [7, 11) is 0. The predicted octanol–water partition coefficient (Wildman–Crippen LogP) is 4.60. The average molecular weight is 397 g/mol. The number of furan rings is 1. The minimum absolute atomic E-state index is 0.166. The van der Waals surface area contributed by atoms with Gasteiger partial charge in [0.2, 0.25) is 5.91 Å². The molecule has 0 spiro atoms. The standard InChI is InChI=1S/C16H14Cl2N4O2S/c1-2-22-15(12-7-4-8-24-12)20-21-16(22)25-9-13(23)19-11-6-3-5-10(17)14(11)18/h3-8H,2,9H2,1H3,(H,19,23).